The maximum Gasteiger partial charge on any atom is 0.336 e. The second-order valence-electron chi connectivity index (χ2n) is 7.24. The lowest BCUT2D eigenvalue weighted by atomic mass is 10.0. The standard InChI is InChI=1S/C23H24N2O5/c26-13-12-24-8-10-25(11-9-24)22(27)16-29-18-6-7-19-20(17-4-2-1-3-5-17)15-23(28)30-21(19)14-18/h1-7,14-15,26H,8-13,16H2. The fourth-order valence-corrected chi connectivity index (χ4v) is 3.69. The molecule has 3 aromatic rings. The lowest BCUT2D eigenvalue weighted by Gasteiger charge is -2.34. The fraction of sp³-hybridized carbons (Fsp3) is 0.304. The predicted molar refractivity (Wildman–Crippen MR) is 114 cm³/mol. The first-order valence-electron chi connectivity index (χ1n) is 10.0. The number of β-amino-alcohol motifs (C(OH)–C–C–N with tert-alkyl or cyclic N) is 1. The zero-order valence-electron chi connectivity index (χ0n) is 16.6. The van der Waals surface area contributed by atoms with Crippen LogP contribution in [0.4, 0.5) is 0 Å². The van der Waals surface area contributed by atoms with Crippen molar-refractivity contribution in [2.75, 3.05) is 45.9 Å². The maximum absolute atomic E-state index is 12.5. The molecule has 1 saturated heterocycles. The van der Waals surface area contributed by atoms with Crippen molar-refractivity contribution in [1.82, 2.24) is 9.80 Å². The van der Waals surface area contributed by atoms with Gasteiger partial charge in [0.25, 0.3) is 5.91 Å². The van der Waals surface area contributed by atoms with Gasteiger partial charge in [0, 0.05) is 50.2 Å². The van der Waals surface area contributed by atoms with Crippen LogP contribution < -0.4 is 10.4 Å². The number of amides is 1. The van der Waals surface area contributed by atoms with E-state index >= 15 is 0 Å². The first kappa shape index (κ1) is 20.1. The van der Waals surface area contributed by atoms with Gasteiger partial charge in [-0.2, -0.15) is 0 Å². The third-order valence-electron chi connectivity index (χ3n) is 5.30. The van der Waals surface area contributed by atoms with E-state index in [1.807, 2.05) is 36.4 Å². The van der Waals surface area contributed by atoms with E-state index in [0.29, 0.717) is 31.0 Å². The highest BCUT2D eigenvalue weighted by Gasteiger charge is 2.21. The van der Waals surface area contributed by atoms with Gasteiger partial charge in [0.05, 0.1) is 6.61 Å². The molecule has 7 nitrogen and oxygen atoms in total. The summed E-state index contributed by atoms with van der Waals surface area (Å²) in [6.45, 7) is 3.41. The quantitative estimate of drug-likeness (QED) is 0.628. The summed E-state index contributed by atoms with van der Waals surface area (Å²) in [5.74, 6) is 0.390. The molecule has 30 heavy (non-hydrogen) atoms. The molecule has 2 aromatic carbocycles. The molecule has 156 valence electrons. The summed E-state index contributed by atoms with van der Waals surface area (Å²) in [6.07, 6.45) is 0. The Kier molecular flexibility index (Phi) is 6.11. The molecule has 0 radical (unpaired) electrons. The SMILES string of the molecule is O=C(COc1ccc2c(-c3ccccc3)cc(=O)oc2c1)N1CCN(CCO)CC1. The summed E-state index contributed by atoms with van der Waals surface area (Å²) >= 11 is 0. The summed E-state index contributed by atoms with van der Waals surface area (Å²) in [4.78, 5) is 28.4. The zero-order valence-corrected chi connectivity index (χ0v) is 16.6. The van der Waals surface area contributed by atoms with E-state index in [0.717, 1.165) is 29.6 Å². The van der Waals surface area contributed by atoms with E-state index in [9.17, 15) is 9.59 Å². The van der Waals surface area contributed by atoms with Crippen molar-refractivity contribution in [3.8, 4) is 16.9 Å². The van der Waals surface area contributed by atoms with Crippen molar-refractivity contribution in [2.24, 2.45) is 0 Å². The molecule has 1 aromatic heterocycles. The van der Waals surface area contributed by atoms with Crippen molar-refractivity contribution in [3.05, 3.63) is 65.0 Å². The Bertz CT molecular complexity index is 1070. The molecule has 1 aliphatic heterocycles. The molecule has 1 N–H and O–H groups in total. The van der Waals surface area contributed by atoms with Crippen LogP contribution in [0.15, 0.2) is 63.8 Å². The maximum atomic E-state index is 12.5. The smallest absolute Gasteiger partial charge is 0.336 e. The van der Waals surface area contributed by atoms with Gasteiger partial charge in [0.1, 0.15) is 11.3 Å². The average molecular weight is 408 g/mol. The Labute approximate surface area is 174 Å². The normalized spacial score (nSPS) is 14.8. The van der Waals surface area contributed by atoms with E-state index in [2.05, 4.69) is 4.90 Å². The van der Waals surface area contributed by atoms with Gasteiger partial charge in [0.2, 0.25) is 0 Å². The minimum atomic E-state index is -0.435. The van der Waals surface area contributed by atoms with Gasteiger partial charge in [-0.05, 0) is 23.3 Å². The number of benzene rings is 2. The lowest BCUT2D eigenvalue weighted by molar-refractivity contribution is -0.135. The Morgan fingerprint density at radius 3 is 2.53 bits per heavy atom. The summed E-state index contributed by atoms with van der Waals surface area (Å²) in [5, 5.41) is 9.81. The third kappa shape index (κ3) is 4.53. The van der Waals surface area contributed by atoms with Crippen molar-refractivity contribution in [1.29, 1.82) is 0 Å². The van der Waals surface area contributed by atoms with Crippen LogP contribution in [-0.2, 0) is 4.79 Å². The summed E-state index contributed by atoms with van der Waals surface area (Å²) < 4.78 is 11.0. The van der Waals surface area contributed by atoms with Crippen LogP contribution in [0.3, 0.4) is 0 Å². The second-order valence-corrected chi connectivity index (χ2v) is 7.24. The minimum Gasteiger partial charge on any atom is -0.484 e. The third-order valence-corrected chi connectivity index (χ3v) is 5.30. The van der Waals surface area contributed by atoms with Crippen LogP contribution in [0.25, 0.3) is 22.1 Å². The van der Waals surface area contributed by atoms with Crippen molar-refractivity contribution >= 4 is 16.9 Å². The van der Waals surface area contributed by atoms with Crippen molar-refractivity contribution in [2.45, 2.75) is 0 Å². The lowest BCUT2D eigenvalue weighted by Crippen LogP contribution is -2.50. The minimum absolute atomic E-state index is 0.0753. The molecule has 1 amide bonds. The summed E-state index contributed by atoms with van der Waals surface area (Å²) in [7, 11) is 0. The Balaban J connectivity index is 1.46. The van der Waals surface area contributed by atoms with Crippen LogP contribution in [0.1, 0.15) is 0 Å². The molecule has 1 aliphatic rings. The highest BCUT2D eigenvalue weighted by molar-refractivity contribution is 5.93. The predicted octanol–water partition coefficient (Wildman–Crippen LogP) is 1.98. The largest absolute Gasteiger partial charge is 0.484 e. The summed E-state index contributed by atoms with van der Waals surface area (Å²) in [6, 6.07) is 16.4. The number of carbonyl (C=O) groups excluding carboxylic acids is 1. The number of ether oxygens (including phenoxy) is 1. The number of hydrogen-bond acceptors (Lipinski definition) is 6. The van der Waals surface area contributed by atoms with E-state index in [-0.39, 0.29) is 19.1 Å². The van der Waals surface area contributed by atoms with Crippen LogP contribution in [0.5, 0.6) is 5.75 Å². The molecular weight excluding hydrogens is 384 g/mol. The molecule has 4 rings (SSSR count). The molecular formula is C23H24N2O5. The van der Waals surface area contributed by atoms with Crippen LogP contribution in [-0.4, -0.2) is 66.8 Å². The monoisotopic (exact) mass is 408 g/mol. The number of carbonyl (C=O) groups is 1. The molecule has 0 atom stereocenters. The van der Waals surface area contributed by atoms with Gasteiger partial charge in [-0.1, -0.05) is 30.3 Å². The topological polar surface area (TPSA) is 83.2 Å². The number of aliphatic hydroxyl groups excluding tert-OH is 1. The highest BCUT2D eigenvalue weighted by Crippen LogP contribution is 2.29. The Hall–Kier alpha value is -3.16. The molecule has 7 heteroatoms. The second kappa shape index (κ2) is 9.11. The molecule has 0 unspecified atom stereocenters. The fourth-order valence-electron chi connectivity index (χ4n) is 3.69. The average Bonchev–Trinajstić information content (AvgIpc) is 2.78. The molecule has 0 spiro atoms. The van der Waals surface area contributed by atoms with Gasteiger partial charge in [0.15, 0.2) is 6.61 Å². The number of hydrogen-bond donors (Lipinski definition) is 1. The number of fused-ring (bicyclic) bond motifs is 1. The number of rotatable bonds is 6. The Morgan fingerprint density at radius 1 is 1.03 bits per heavy atom. The van der Waals surface area contributed by atoms with E-state index < -0.39 is 5.63 Å². The molecule has 0 saturated carbocycles. The molecule has 1 fully saturated rings. The summed E-state index contributed by atoms with van der Waals surface area (Å²) in [5.41, 5.74) is 1.71. The van der Waals surface area contributed by atoms with Crippen molar-refractivity contribution in [3.63, 3.8) is 0 Å². The van der Waals surface area contributed by atoms with Gasteiger partial charge in [-0.15, -0.1) is 0 Å². The molecule has 2 heterocycles. The Morgan fingerprint density at radius 2 is 1.80 bits per heavy atom. The molecule has 0 bridgehead atoms. The van der Waals surface area contributed by atoms with E-state index in [1.54, 1.807) is 17.0 Å². The first-order chi connectivity index (χ1) is 14.6. The van der Waals surface area contributed by atoms with E-state index in [4.69, 9.17) is 14.3 Å². The number of aliphatic hydroxyl groups is 1. The highest BCUT2D eigenvalue weighted by atomic mass is 16.5. The molecule has 0 aliphatic carbocycles. The first-order valence-corrected chi connectivity index (χ1v) is 10.0. The van der Waals surface area contributed by atoms with Crippen LogP contribution in [0, 0.1) is 0 Å². The van der Waals surface area contributed by atoms with Gasteiger partial charge in [-0.3, -0.25) is 9.69 Å². The number of piperazine rings is 1. The van der Waals surface area contributed by atoms with Crippen LogP contribution >= 0.6 is 0 Å². The van der Waals surface area contributed by atoms with E-state index in [1.165, 1.54) is 6.07 Å². The van der Waals surface area contributed by atoms with Gasteiger partial charge in [-0.25, -0.2) is 4.79 Å². The number of nitrogens with zero attached hydrogens (tertiary/aromatic N) is 2. The van der Waals surface area contributed by atoms with Crippen molar-refractivity contribution < 1.29 is 19.1 Å². The van der Waals surface area contributed by atoms with Gasteiger partial charge < -0.3 is 19.2 Å². The van der Waals surface area contributed by atoms with Crippen LogP contribution in [0.2, 0.25) is 0 Å². The zero-order chi connectivity index (χ0) is 20.9. The van der Waals surface area contributed by atoms with Gasteiger partial charge >= 0.3 is 5.63 Å².